The summed E-state index contributed by atoms with van der Waals surface area (Å²) in [6.07, 6.45) is 3.69. The summed E-state index contributed by atoms with van der Waals surface area (Å²) >= 11 is 0. The van der Waals surface area contributed by atoms with Gasteiger partial charge in [-0.3, -0.25) is 0 Å². The van der Waals surface area contributed by atoms with Crippen molar-refractivity contribution in [2.24, 2.45) is 0 Å². The highest BCUT2D eigenvalue weighted by Gasteiger charge is 2.18. The molecule has 4 rings (SSSR count). The molecule has 1 heterocycles. The number of carbonyl (C=O) groups is 1. The normalized spacial score (nSPS) is 10.5. The number of hydrogen-bond acceptors (Lipinski definition) is 4. The van der Waals surface area contributed by atoms with Crippen molar-refractivity contribution in [3.05, 3.63) is 102 Å². The van der Waals surface area contributed by atoms with Crippen LogP contribution in [0.25, 0.3) is 5.69 Å². The van der Waals surface area contributed by atoms with Crippen molar-refractivity contribution < 1.29 is 19.0 Å². The van der Waals surface area contributed by atoms with Crippen LogP contribution in [0.2, 0.25) is 0 Å². The molecule has 1 aromatic heterocycles. The third-order valence-corrected chi connectivity index (χ3v) is 4.64. The van der Waals surface area contributed by atoms with Crippen LogP contribution in [-0.4, -0.2) is 17.6 Å². The monoisotopic (exact) mass is 399 g/mol. The standard InChI is InChI=1S/C25H21NO4/c1-18-10-6-8-14-21(18)29-23-16-26(19-11-4-3-5-12-19)17-24(23)30-22-15-9-7-13-20(22)25(27)28-2/h3-17H,1-2H3. The molecule has 0 aliphatic rings. The van der Waals surface area contributed by atoms with Crippen LogP contribution < -0.4 is 9.47 Å². The highest BCUT2D eigenvalue weighted by atomic mass is 16.5. The lowest BCUT2D eigenvalue weighted by Gasteiger charge is -2.11. The molecular weight excluding hydrogens is 378 g/mol. The largest absolute Gasteiger partial charge is 0.465 e. The van der Waals surface area contributed by atoms with Crippen LogP contribution in [-0.2, 0) is 4.74 Å². The second-order valence-corrected chi connectivity index (χ2v) is 6.69. The van der Waals surface area contributed by atoms with E-state index in [4.69, 9.17) is 14.2 Å². The van der Waals surface area contributed by atoms with Crippen LogP contribution in [0.5, 0.6) is 23.0 Å². The maximum atomic E-state index is 12.1. The minimum Gasteiger partial charge on any atom is -0.465 e. The summed E-state index contributed by atoms with van der Waals surface area (Å²) in [5.74, 6) is 1.68. The van der Waals surface area contributed by atoms with Gasteiger partial charge in [0.25, 0.3) is 0 Å². The van der Waals surface area contributed by atoms with E-state index >= 15 is 0 Å². The molecule has 0 unspecified atom stereocenters. The van der Waals surface area contributed by atoms with E-state index in [0.717, 1.165) is 17.0 Å². The Kier molecular flexibility index (Phi) is 5.52. The van der Waals surface area contributed by atoms with E-state index in [1.165, 1.54) is 7.11 Å². The highest BCUT2D eigenvalue weighted by molar-refractivity contribution is 5.92. The van der Waals surface area contributed by atoms with Gasteiger partial charge >= 0.3 is 5.97 Å². The average molecular weight is 399 g/mol. The molecule has 0 N–H and O–H groups in total. The zero-order valence-corrected chi connectivity index (χ0v) is 16.7. The topological polar surface area (TPSA) is 49.7 Å². The predicted octanol–water partition coefficient (Wildman–Crippen LogP) is 6.16. The summed E-state index contributed by atoms with van der Waals surface area (Å²) in [7, 11) is 1.34. The average Bonchev–Trinajstić information content (AvgIpc) is 3.18. The minimum atomic E-state index is -0.463. The first-order valence-corrected chi connectivity index (χ1v) is 9.52. The molecule has 150 valence electrons. The maximum Gasteiger partial charge on any atom is 0.341 e. The number of rotatable bonds is 6. The summed E-state index contributed by atoms with van der Waals surface area (Å²) < 4.78 is 19.1. The Morgan fingerprint density at radius 3 is 1.93 bits per heavy atom. The van der Waals surface area contributed by atoms with Gasteiger partial charge in [0, 0.05) is 5.69 Å². The number of nitrogens with zero attached hydrogens (tertiary/aromatic N) is 1. The molecule has 0 aliphatic carbocycles. The van der Waals surface area contributed by atoms with E-state index in [2.05, 4.69) is 0 Å². The van der Waals surface area contributed by atoms with E-state index in [1.807, 2.05) is 78.5 Å². The van der Waals surface area contributed by atoms with Gasteiger partial charge in [-0.25, -0.2) is 4.79 Å². The van der Waals surface area contributed by atoms with Crippen LogP contribution in [0.1, 0.15) is 15.9 Å². The summed E-state index contributed by atoms with van der Waals surface area (Å²) in [5.41, 5.74) is 2.31. The van der Waals surface area contributed by atoms with Crippen LogP contribution in [0, 0.1) is 6.92 Å². The van der Waals surface area contributed by atoms with Crippen molar-refractivity contribution in [1.29, 1.82) is 0 Å². The number of esters is 1. The van der Waals surface area contributed by atoms with Crippen LogP contribution in [0.4, 0.5) is 0 Å². The fourth-order valence-corrected chi connectivity index (χ4v) is 3.06. The summed E-state index contributed by atoms with van der Waals surface area (Å²) in [5, 5.41) is 0. The Morgan fingerprint density at radius 1 is 0.700 bits per heavy atom. The van der Waals surface area contributed by atoms with Crippen molar-refractivity contribution in [1.82, 2.24) is 4.57 Å². The molecule has 3 aromatic carbocycles. The predicted molar refractivity (Wildman–Crippen MR) is 115 cm³/mol. The molecule has 0 amide bonds. The van der Waals surface area contributed by atoms with E-state index in [1.54, 1.807) is 24.3 Å². The third-order valence-electron chi connectivity index (χ3n) is 4.64. The third kappa shape index (κ3) is 4.05. The van der Waals surface area contributed by atoms with Gasteiger partial charge in [-0.15, -0.1) is 0 Å². The SMILES string of the molecule is COC(=O)c1ccccc1Oc1cn(-c2ccccc2)cc1Oc1ccccc1C. The van der Waals surface area contributed by atoms with E-state index in [0.29, 0.717) is 22.8 Å². The van der Waals surface area contributed by atoms with Crippen molar-refractivity contribution in [2.75, 3.05) is 7.11 Å². The van der Waals surface area contributed by atoms with Gasteiger partial charge in [0.2, 0.25) is 0 Å². The van der Waals surface area contributed by atoms with E-state index < -0.39 is 5.97 Å². The van der Waals surface area contributed by atoms with Gasteiger partial charge in [-0.05, 0) is 42.8 Å². The lowest BCUT2D eigenvalue weighted by Crippen LogP contribution is -2.03. The molecule has 0 aliphatic heterocycles. The number of carbonyl (C=O) groups excluding carboxylic acids is 1. The number of ether oxygens (including phenoxy) is 3. The van der Waals surface area contributed by atoms with Crippen molar-refractivity contribution in [3.8, 4) is 28.7 Å². The molecule has 30 heavy (non-hydrogen) atoms. The highest BCUT2D eigenvalue weighted by Crippen LogP contribution is 2.38. The van der Waals surface area contributed by atoms with Gasteiger partial charge in [0.05, 0.1) is 19.5 Å². The molecule has 0 fully saturated rings. The summed E-state index contributed by atoms with van der Waals surface area (Å²) in [6.45, 7) is 1.98. The molecule has 5 nitrogen and oxygen atoms in total. The molecule has 5 heteroatoms. The first-order chi connectivity index (χ1) is 14.7. The van der Waals surface area contributed by atoms with E-state index in [9.17, 15) is 4.79 Å². The molecule has 0 saturated heterocycles. The molecule has 4 aromatic rings. The van der Waals surface area contributed by atoms with E-state index in [-0.39, 0.29) is 0 Å². The quantitative estimate of drug-likeness (QED) is 0.365. The first kappa shape index (κ1) is 19.3. The van der Waals surface area contributed by atoms with Crippen LogP contribution >= 0.6 is 0 Å². The van der Waals surface area contributed by atoms with Crippen LogP contribution in [0.3, 0.4) is 0 Å². The molecule has 0 atom stereocenters. The zero-order chi connectivity index (χ0) is 20.9. The summed E-state index contributed by atoms with van der Waals surface area (Å²) in [6, 6.07) is 24.6. The second-order valence-electron chi connectivity index (χ2n) is 6.69. The first-order valence-electron chi connectivity index (χ1n) is 9.52. The van der Waals surface area contributed by atoms with Crippen molar-refractivity contribution >= 4 is 5.97 Å². The number of methoxy groups -OCH3 is 1. The number of hydrogen-bond donors (Lipinski definition) is 0. The lowest BCUT2D eigenvalue weighted by atomic mass is 10.2. The molecule has 0 radical (unpaired) electrons. The number of para-hydroxylation sites is 3. The minimum absolute atomic E-state index is 0.342. The fraction of sp³-hybridized carbons (Fsp3) is 0.0800. The van der Waals surface area contributed by atoms with Crippen molar-refractivity contribution in [2.45, 2.75) is 6.92 Å². The molecule has 0 saturated carbocycles. The summed E-state index contributed by atoms with van der Waals surface area (Å²) in [4.78, 5) is 12.1. The smallest absolute Gasteiger partial charge is 0.341 e. The van der Waals surface area contributed by atoms with Gasteiger partial charge in [-0.1, -0.05) is 48.5 Å². The molecular formula is C25H21NO4. The Hall–Kier alpha value is -3.99. The Morgan fingerprint density at radius 2 is 1.27 bits per heavy atom. The Balaban J connectivity index is 1.75. The maximum absolute atomic E-state index is 12.1. The number of benzene rings is 3. The van der Waals surface area contributed by atoms with Gasteiger partial charge in [0.1, 0.15) is 17.1 Å². The second kappa shape index (κ2) is 8.57. The number of aromatic nitrogens is 1. The lowest BCUT2D eigenvalue weighted by molar-refractivity contribution is 0.0598. The van der Waals surface area contributed by atoms with Gasteiger partial charge in [0.15, 0.2) is 11.5 Å². The molecule has 0 spiro atoms. The Labute approximate surface area is 175 Å². The fourth-order valence-electron chi connectivity index (χ4n) is 3.06. The van der Waals surface area contributed by atoms with Gasteiger partial charge < -0.3 is 18.8 Å². The number of aryl methyl sites for hydroxylation is 1. The van der Waals surface area contributed by atoms with Crippen molar-refractivity contribution in [3.63, 3.8) is 0 Å². The zero-order valence-electron chi connectivity index (χ0n) is 16.7. The van der Waals surface area contributed by atoms with Gasteiger partial charge in [-0.2, -0.15) is 0 Å². The van der Waals surface area contributed by atoms with Crippen LogP contribution in [0.15, 0.2) is 91.3 Å². The molecule has 0 bridgehead atoms. The Bertz CT molecular complexity index is 1160.